The molecule has 0 spiro atoms. The van der Waals surface area contributed by atoms with Gasteiger partial charge in [0.15, 0.2) is 0 Å². The van der Waals surface area contributed by atoms with Crippen LogP contribution in [0.15, 0.2) is 30.3 Å². The molecule has 23 heavy (non-hydrogen) atoms. The number of nitrogens with one attached hydrogen (secondary N) is 1. The number of aromatic nitrogens is 2. The molecule has 1 N–H and O–H groups in total. The second-order valence-corrected chi connectivity index (χ2v) is 6.34. The van der Waals surface area contributed by atoms with E-state index in [-0.39, 0.29) is 0 Å². The summed E-state index contributed by atoms with van der Waals surface area (Å²) in [4.78, 5) is 14.2. The highest BCUT2D eigenvalue weighted by Gasteiger charge is 2.20. The van der Waals surface area contributed by atoms with Crippen molar-refractivity contribution in [3.05, 3.63) is 47.2 Å². The highest BCUT2D eigenvalue weighted by atomic mass is 15.3. The van der Waals surface area contributed by atoms with Gasteiger partial charge in [-0.1, -0.05) is 24.3 Å². The van der Waals surface area contributed by atoms with Crippen molar-refractivity contribution in [2.45, 2.75) is 19.9 Å². The highest BCUT2D eigenvalue weighted by Crippen LogP contribution is 2.24. The van der Waals surface area contributed by atoms with Crippen molar-refractivity contribution in [1.82, 2.24) is 15.3 Å². The Balaban J connectivity index is 1.60. The van der Waals surface area contributed by atoms with Crippen molar-refractivity contribution in [3.63, 3.8) is 0 Å². The minimum atomic E-state index is 0.869. The second kappa shape index (κ2) is 6.16. The number of hydrogen-bond acceptors (Lipinski definition) is 5. The van der Waals surface area contributed by atoms with Gasteiger partial charge in [-0.15, -0.1) is 0 Å². The Morgan fingerprint density at radius 3 is 2.57 bits per heavy atom. The summed E-state index contributed by atoms with van der Waals surface area (Å²) in [6, 6.07) is 10.8. The molecule has 3 heterocycles. The molecule has 1 fully saturated rings. The van der Waals surface area contributed by atoms with Crippen LogP contribution < -0.4 is 15.1 Å². The van der Waals surface area contributed by atoms with Crippen LogP contribution in [-0.4, -0.2) is 42.7 Å². The number of anilines is 2. The van der Waals surface area contributed by atoms with E-state index in [0.717, 1.165) is 63.1 Å². The molecule has 2 aromatic rings. The molecule has 0 atom stereocenters. The van der Waals surface area contributed by atoms with Crippen LogP contribution in [0.5, 0.6) is 0 Å². The van der Waals surface area contributed by atoms with Gasteiger partial charge >= 0.3 is 0 Å². The van der Waals surface area contributed by atoms with Gasteiger partial charge in [-0.05, 0) is 24.5 Å². The molecule has 5 nitrogen and oxygen atoms in total. The van der Waals surface area contributed by atoms with Gasteiger partial charge in [-0.3, -0.25) is 0 Å². The van der Waals surface area contributed by atoms with Gasteiger partial charge in [-0.25, -0.2) is 4.98 Å². The maximum atomic E-state index is 4.87. The third-order valence-electron chi connectivity index (χ3n) is 4.68. The molecule has 0 amide bonds. The van der Waals surface area contributed by atoms with Crippen LogP contribution in [0.2, 0.25) is 0 Å². The second-order valence-electron chi connectivity index (χ2n) is 6.34. The molecule has 0 radical (unpaired) electrons. The van der Waals surface area contributed by atoms with Crippen LogP contribution in [0.25, 0.3) is 0 Å². The number of fused-ring (bicyclic) bond motifs is 1. The van der Waals surface area contributed by atoms with Crippen molar-refractivity contribution in [2.75, 3.05) is 42.5 Å². The van der Waals surface area contributed by atoms with Crippen molar-refractivity contribution >= 4 is 11.8 Å². The molecule has 2 aliphatic heterocycles. The molecular formula is C18H23N5. The normalized spacial score (nSPS) is 18.0. The summed E-state index contributed by atoms with van der Waals surface area (Å²) < 4.78 is 0. The van der Waals surface area contributed by atoms with E-state index in [4.69, 9.17) is 9.97 Å². The third-order valence-corrected chi connectivity index (χ3v) is 4.68. The number of aryl methyl sites for hydroxylation is 1. The fourth-order valence-corrected chi connectivity index (χ4v) is 3.40. The lowest BCUT2D eigenvalue weighted by Gasteiger charge is -2.32. The van der Waals surface area contributed by atoms with Crippen molar-refractivity contribution in [1.29, 1.82) is 0 Å². The summed E-state index contributed by atoms with van der Waals surface area (Å²) in [5.41, 5.74) is 3.90. The highest BCUT2D eigenvalue weighted by molar-refractivity contribution is 5.48. The maximum Gasteiger partial charge on any atom is 0.227 e. The van der Waals surface area contributed by atoms with Crippen LogP contribution >= 0.6 is 0 Å². The Morgan fingerprint density at radius 2 is 1.74 bits per heavy atom. The first-order valence-corrected chi connectivity index (χ1v) is 8.43. The smallest absolute Gasteiger partial charge is 0.227 e. The van der Waals surface area contributed by atoms with E-state index < -0.39 is 0 Å². The number of rotatable bonds is 2. The minimum Gasteiger partial charge on any atom is -0.354 e. The summed E-state index contributed by atoms with van der Waals surface area (Å²) in [6.07, 6.45) is 1.07. The van der Waals surface area contributed by atoms with E-state index in [1.54, 1.807) is 0 Å². The Kier molecular flexibility index (Phi) is 3.87. The van der Waals surface area contributed by atoms with Crippen LogP contribution in [0.3, 0.4) is 0 Å². The number of benzene rings is 1. The molecular weight excluding hydrogens is 286 g/mol. The van der Waals surface area contributed by atoms with E-state index in [2.05, 4.69) is 52.4 Å². The number of hydrogen-bond donors (Lipinski definition) is 1. The lowest BCUT2D eigenvalue weighted by molar-refractivity contribution is 0.583. The van der Waals surface area contributed by atoms with E-state index >= 15 is 0 Å². The Hall–Kier alpha value is -2.14. The summed E-state index contributed by atoms with van der Waals surface area (Å²) in [6.45, 7) is 8.03. The molecule has 1 aromatic carbocycles. The minimum absolute atomic E-state index is 0.869. The first-order chi connectivity index (χ1) is 11.3. The molecule has 120 valence electrons. The Labute approximate surface area is 137 Å². The SMILES string of the molecule is Cc1cc(N2CCNCC2)nc(N2CCc3ccccc3C2)n1. The maximum absolute atomic E-state index is 4.87. The molecule has 0 unspecified atom stereocenters. The van der Waals surface area contributed by atoms with Gasteiger partial charge in [-0.2, -0.15) is 4.98 Å². The zero-order chi connectivity index (χ0) is 15.6. The summed E-state index contributed by atoms with van der Waals surface area (Å²) in [7, 11) is 0. The van der Waals surface area contributed by atoms with Crippen LogP contribution in [0.1, 0.15) is 16.8 Å². The zero-order valence-electron chi connectivity index (χ0n) is 13.6. The fourth-order valence-electron chi connectivity index (χ4n) is 3.40. The van der Waals surface area contributed by atoms with E-state index in [9.17, 15) is 0 Å². The topological polar surface area (TPSA) is 44.3 Å². The number of nitrogens with zero attached hydrogens (tertiary/aromatic N) is 4. The quantitative estimate of drug-likeness (QED) is 0.916. The van der Waals surface area contributed by atoms with E-state index in [1.807, 2.05) is 0 Å². The zero-order valence-corrected chi connectivity index (χ0v) is 13.6. The van der Waals surface area contributed by atoms with Crippen LogP contribution in [-0.2, 0) is 13.0 Å². The standard InChI is InChI=1S/C18H23N5/c1-14-12-17(22-10-7-19-8-11-22)21-18(20-14)23-9-6-15-4-2-3-5-16(15)13-23/h2-5,12,19H,6-11,13H2,1H3. The van der Waals surface area contributed by atoms with Gasteiger partial charge < -0.3 is 15.1 Å². The molecule has 5 heteroatoms. The molecule has 4 rings (SSSR count). The first kappa shape index (κ1) is 14.5. The van der Waals surface area contributed by atoms with Crippen molar-refractivity contribution in [2.24, 2.45) is 0 Å². The van der Waals surface area contributed by atoms with Gasteiger partial charge in [0.25, 0.3) is 0 Å². The monoisotopic (exact) mass is 309 g/mol. The molecule has 0 aliphatic carbocycles. The van der Waals surface area contributed by atoms with Crippen LogP contribution in [0, 0.1) is 6.92 Å². The fraction of sp³-hybridized carbons (Fsp3) is 0.444. The molecule has 2 aliphatic rings. The van der Waals surface area contributed by atoms with Crippen LogP contribution in [0.4, 0.5) is 11.8 Å². The largest absolute Gasteiger partial charge is 0.354 e. The van der Waals surface area contributed by atoms with E-state index in [1.165, 1.54) is 11.1 Å². The van der Waals surface area contributed by atoms with Crippen molar-refractivity contribution in [3.8, 4) is 0 Å². The average Bonchev–Trinajstić information content (AvgIpc) is 2.61. The summed E-state index contributed by atoms with van der Waals surface area (Å²) in [5, 5.41) is 3.39. The summed E-state index contributed by atoms with van der Waals surface area (Å²) in [5.74, 6) is 1.93. The van der Waals surface area contributed by atoms with Gasteiger partial charge in [0.1, 0.15) is 5.82 Å². The van der Waals surface area contributed by atoms with Crippen molar-refractivity contribution < 1.29 is 0 Å². The van der Waals surface area contributed by atoms with Gasteiger partial charge in [0, 0.05) is 51.0 Å². The molecule has 0 saturated carbocycles. The predicted octanol–water partition coefficient (Wildman–Crippen LogP) is 1.76. The van der Waals surface area contributed by atoms with E-state index in [0.29, 0.717) is 0 Å². The summed E-state index contributed by atoms with van der Waals surface area (Å²) >= 11 is 0. The number of piperazine rings is 1. The molecule has 0 bridgehead atoms. The first-order valence-electron chi connectivity index (χ1n) is 8.43. The lowest BCUT2D eigenvalue weighted by Crippen LogP contribution is -2.44. The molecule has 1 aromatic heterocycles. The Morgan fingerprint density at radius 1 is 0.957 bits per heavy atom. The molecule has 1 saturated heterocycles. The van der Waals surface area contributed by atoms with Gasteiger partial charge in [0.2, 0.25) is 5.95 Å². The Bertz CT molecular complexity index is 694. The predicted molar refractivity (Wildman–Crippen MR) is 93.0 cm³/mol. The third kappa shape index (κ3) is 3.01. The average molecular weight is 309 g/mol. The lowest BCUT2D eigenvalue weighted by atomic mass is 10.0. The van der Waals surface area contributed by atoms with Gasteiger partial charge in [0.05, 0.1) is 0 Å².